The lowest BCUT2D eigenvalue weighted by Gasteiger charge is -2.21. The van der Waals surface area contributed by atoms with Crippen LogP contribution < -0.4 is 0 Å². The third-order valence-corrected chi connectivity index (χ3v) is 17.8. The van der Waals surface area contributed by atoms with Crippen LogP contribution >= 0.6 is 15.6 Å². The zero-order chi connectivity index (χ0) is 75.2. The fourth-order valence-corrected chi connectivity index (χ4v) is 11.5. The summed E-state index contributed by atoms with van der Waals surface area (Å²) >= 11 is 0. The predicted molar refractivity (Wildman–Crippen MR) is 426 cm³/mol. The first kappa shape index (κ1) is 97.9. The third kappa shape index (κ3) is 77.8. The molecular formula is C85H140O16P2. The molecule has 0 fully saturated rings. The van der Waals surface area contributed by atoms with Crippen LogP contribution in [0, 0.1) is 0 Å². The number of phosphoric ester groups is 2. The van der Waals surface area contributed by atoms with Gasteiger partial charge in [0.25, 0.3) is 0 Å². The van der Waals surface area contributed by atoms with Gasteiger partial charge in [0.15, 0.2) is 6.10 Å². The number of aliphatic hydroxyl groups is 2. The average Bonchev–Trinajstić information content (AvgIpc) is 0.924. The van der Waals surface area contributed by atoms with Gasteiger partial charge in [-0.15, -0.1) is 0 Å². The van der Waals surface area contributed by atoms with E-state index in [-0.39, 0.29) is 19.3 Å². The molecule has 0 aliphatic carbocycles. The van der Waals surface area contributed by atoms with Gasteiger partial charge in [0, 0.05) is 19.3 Å². The Morgan fingerprint density at radius 3 is 0.835 bits per heavy atom. The lowest BCUT2D eigenvalue weighted by Crippen LogP contribution is -2.30. The number of carbonyl (C=O) groups is 3. The molecule has 0 radical (unpaired) electrons. The summed E-state index contributed by atoms with van der Waals surface area (Å²) in [6.07, 6.45) is 96.9. The monoisotopic (exact) mass is 1480 g/mol. The third-order valence-electron chi connectivity index (χ3n) is 15.9. The zero-order valence-electron chi connectivity index (χ0n) is 63.9. The Morgan fingerprint density at radius 2 is 0.515 bits per heavy atom. The summed E-state index contributed by atoms with van der Waals surface area (Å²) in [4.78, 5) is 58.6. The van der Waals surface area contributed by atoms with E-state index < -0.39 is 91.5 Å². The first-order valence-corrected chi connectivity index (χ1v) is 42.4. The van der Waals surface area contributed by atoms with Gasteiger partial charge in [-0.1, -0.05) is 287 Å². The van der Waals surface area contributed by atoms with Crippen LogP contribution in [0.15, 0.2) is 170 Å². The number of carbonyl (C=O) groups excluding carboxylic acids is 3. The van der Waals surface area contributed by atoms with Crippen molar-refractivity contribution in [2.45, 2.75) is 309 Å². The maximum Gasteiger partial charge on any atom is 0.472 e. The molecule has 16 nitrogen and oxygen atoms in total. The van der Waals surface area contributed by atoms with Crippen molar-refractivity contribution >= 4 is 33.6 Å². The van der Waals surface area contributed by atoms with E-state index >= 15 is 0 Å². The lowest BCUT2D eigenvalue weighted by molar-refractivity contribution is -0.161. The molecule has 103 heavy (non-hydrogen) atoms. The van der Waals surface area contributed by atoms with Crippen LogP contribution in [-0.4, -0.2) is 95.9 Å². The van der Waals surface area contributed by atoms with Crippen LogP contribution in [0.25, 0.3) is 0 Å². The van der Waals surface area contributed by atoms with E-state index in [0.717, 1.165) is 148 Å². The van der Waals surface area contributed by atoms with Gasteiger partial charge in [-0.05, 0) is 154 Å². The molecule has 0 rings (SSSR count). The Bertz CT molecular complexity index is 2550. The van der Waals surface area contributed by atoms with Crippen LogP contribution in [-0.2, 0) is 55.8 Å². The number of ether oxygens (including phenoxy) is 3. The maximum atomic E-state index is 13.0. The summed E-state index contributed by atoms with van der Waals surface area (Å²) in [5.41, 5.74) is 0. The highest BCUT2D eigenvalue weighted by Crippen LogP contribution is 2.45. The van der Waals surface area contributed by atoms with Crippen LogP contribution in [0.2, 0.25) is 0 Å². The summed E-state index contributed by atoms with van der Waals surface area (Å²) in [6, 6.07) is 0. The van der Waals surface area contributed by atoms with Gasteiger partial charge in [-0.2, -0.15) is 0 Å². The molecule has 0 bridgehead atoms. The van der Waals surface area contributed by atoms with Crippen molar-refractivity contribution in [2.75, 3.05) is 39.6 Å². The molecule has 0 spiro atoms. The normalized spacial score (nSPS) is 14.9. The summed E-state index contributed by atoms with van der Waals surface area (Å²) in [5, 5.41) is 20.6. The largest absolute Gasteiger partial charge is 0.472 e. The van der Waals surface area contributed by atoms with E-state index in [2.05, 4.69) is 191 Å². The van der Waals surface area contributed by atoms with E-state index in [9.17, 15) is 43.5 Å². The molecule has 586 valence electrons. The average molecular weight is 1480 g/mol. The minimum Gasteiger partial charge on any atom is -0.463 e. The van der Waals surface area contributed by atoms with Gasteiger partial charge in [0.05, 0.1) is 26.4 Å². The van der Waals surface area contributed by atoms with Gasteiger partial charge in [-0.3, -0.25) is 32.5 Å². The molecule has 0 aliphatic heterocycles. The van der Waals surface area contributed by atoms with Crippen molar-refractivity contribution < 1.29 is 75.8 Å². The molecule has 0 heterocycles. The quantitative estimate of drug-likeness (QED) is 0.0146. The first-order valence-electron chi connectivity index (χ1n) is 39.4. The van der Waals surface area contributed by atoms with E-state index in [1.54, 1.807) is 0 Å². The van der Waals surface area contributed by atoms with Crippen molar-refractivity contribution in [1.82, 2.24) is 0 Å². The van der Waals surface area contributed by atoms with E-state index in [1.165, 1.54) is 83.5 Å². The molecule has 0 aromatic carbocycles. The first-order chi connectivity index (χ1) is 50.2. The smallest absolute Gasteiger partial charge is 0.463 e. The summed E-state index contributed by atoms with van der Waals surface area (Å²) in [7, 11) is -9.82. The number of hydrogen-bond acceptors (Lipinski definition) is 14. The Labute approximate surface area is 624 Å². The predicted octanol–water partition coefficient (Wildman–Crippen LogP) is 23.2. The highest BCUT2D eigenvalue weighted by atomic mass is 31.2. The summed E-state index contributed by atoms with van der Waals surface area (Å²) < 4.78 is 61.1. The topological polar surface area (TPSA) is 231 Å². The Balaban J connectivity index is 4.63. The van der Waals surface area contributed by atoms with Crippen molar-refractivity contribution in [2.24, 2.45) is 0 Å². The van der Waals surface area contributed by atoms with E-state index in [4.69, 9.17) is 32.3 Å². The second kappa shape index (κ2) is 76.6. The second-order valence-corrected chi connectivity index (χ2v) is 28.7. The highest BCUT2D eigenvalue weighted by Gasteiger charge is 2.29. The van der Waals surface area contributed by atoms with Crippen molar-refractivity contribution in [3.63, 3.8) is 0 Å². The number of hydrogen-bond donors (Lipinski definition) is 4. The number of aliphatic hydroxyl groups excluding tert-OH is 2. The Morgan fingerprint density at radius 1 is 0.282 bits per heavy atom. The Hall–Kier alpha value is -5.09. The number of esters is 3. The molecule has 0 saturated heterocycles. The summed E-state index contributed by atoms with van der Waals surface area (Å²) in [5.74, 6) is -1.66. The summed E-state index contributed by atoms with van der Waals surface area (Å²) in [6.45, 7) is 2.33. The van der Waals surface area contributed by atoms with Crippen LogP contribution in [0.1, 0.15) is 290 Å². The molecule has 5 atom stereocenters. The number of allylic oxidation sites excluding steroid dienone is 28. The van der Waals surface area contributed by atoms with Crippen molar-refractivity contribution in [1.29, 1.82) is 0 Å². The van der Waals surface area contributed by atoms with Gasteiger partial charge in [0.1, 0.15) is 25.4 Å². The van der Waals surface area contributed by atoms with Gasteiger partial charge in [0.2, 0.25) is 0 Å². The van der Waals surface area contributed by atoms with Gasteiger partial charge >= 0.3 is 33.6 Å². The second-order valence-electron chi connectivity index (χ2n) is 25.7. The molecule has 0 amide bonds. The Kier molecular flexibility index (Phi) is 72.8. The van der Waals surface area contributed by atoms with Gasteiger partial charge < -0.3 is 34.2 Å². The van der Waals surface area contributed by atoms with Crippen molar-refractivity contribution in [3.05, 3.63) is 170 Å². The zero-order valence-corrected chi connectivity index (χ0v) is 65.7. The number of unbranched alkanes of at least 4 members (excludes halogenated alkanes) is 22. The van der Waals surface area contributed by atoms with Crippen molar-refractivity contribution in [3.8, 4) is 0 Å². The van der Waals surface area contributed by atoms with Crippen LogP contribution in [0.4, 0.5) is 0 Å². The molecular weight excluding hydrogens is 1340 g/mol. The maximum absolute atomic E-state index is 13.0. The minimum absolute atomic E-state index is 0.0601. The molecule has 4 N–H and O–H groups in total. The van der Waals surface area contributed by atoms with E-state index in [1.807, 2.05) is 0 Å². The lowest BCUT2D eigenvalue weighted by atomic mass is 10.0. The minimum atomic E-state index is -4.96. The molecule has 0 saturated carbocycles. The van der Waals surface area contributed by atoms with Crippen LogP contribution in [0.5, 0.6) is 0 Å². The fourth-order valence-electron chi connectivity index (χ4n) is 9.96. The highest BCUT2D eigenvalue weighted by molar-refractivity contribution is 7.47. The van der Waals surface area contributed by atoms with Crippen LogP contribution in [0.3, 0.4) is 0 Å². The number of phosphoric acid groups is 2. The standard InChI is InChI=1S/C85H140O16P2/c1-4-7-10-13-16-19-22-25-28-31-33-35-36-37-38-39-40-41-42-44-46-48-50-53-56-59-62-65-68-71-83(88)95-74-80(86)75-97-102(91,92)98-76-81(87)77-99-103(93,94)100-79-82(101-85(90)73-70-67-64-61-58-55-52-47-30-27-24-21-18-15-12-9-6-3)78-96-84(89)72-69-66-63-60-57-54-51-49-45-43-34-32-29-26-23-20-17-14-11-8-5-2/h8-9,11-12,16-21,25-30,33-35,37-38,43,49,51-52,55,57,60,80-82,86-87H,4-7,10,13-15,22-24,31-32,36,39-42,44-48,50,53-54,56,58-59,61-79H2,1-3H3,(H,91,92)(H,93,94)/b11-8-,12-9-,19-16-,20-17-,21-18-,28-25-,29-26-,30-27-,35-33-,38-37-,43-34-,51-49-,55-52-,60-57-. The molecule has 5 unspecified atom stereocenters. The molecule has 0 aliphatic rings. The van der Waals surface area contributed by atoms with Gasteiger partial charge in [-0.25, -0.2) is 9.13 Å². The fraction of sp³-hybridized carbons (Fsp3) is 0.635. The number of rotatable bonds is 73. The SMILES string of the molecule is CC/C=C\C/C=C\C/C=C\C/C=C\C/C=C\C/C=C\CCCCC(=O)OCC(COP(=O)(O)OCC(O)COP(=O)(O)OCC(O)COC(=O)CCCCCCCCCCCCCCC/C=C\C/C=C\C/C=C\C/C=C\CCCCC)OC(=O)CCCCCC/C=C\C/C=C\C/C=C\C/C=C\CC. The van der Waals surface area contributed by atoms with E-state index in [0.29, 0.717) is 19.3 Å². The molecule has 0 aromatic heterocycles. The molecule has 0 aromatic rings. The molecule has 18 heteroatoms.